The average Bonchev–Trinajstić information content (AvgIpc) is 3.27. The van der Waals surface area contributed by atoms with Crippen LogP contribution in [0.1, 0.15) is 58.0 Å². The molecule has 3 amide bonds. The smallest absolute Gasteiger partial charge is 0.323 e. The third kappa shape index (κ3) is 4.29. The molecule has 2 aliphatic heterocycles. The van der Waals surface area contributed by atoms with Crippen LogP contribution in [0.3, 0.4) is 0 Å². The molecule has 0 bridgehead atoms. The van der Waals surface area contributed by atoms with Crippen LogP contribution in [0.5, 0.6) is 0 Å². The molecule has 3 heterocycles. The number of nitrogens with one attached hydrogen (secondary N) is 1. The molecule has 1 aliphatic carbocycles. The highest BCUT2D eigenvalue weighted by atomic mass is 32.1. The number of thiazole rings is 1. The van der Waals surface area contributed by atoms with Crippen LogP contribution in [-0.4, -0.2) is 70.0 Å². The summed E-state index contributed by atoms with van der Waals surface area (Å²) >= 11 is 1.77. The van der Waals surface area contributed by atoms with Crippen molar-refractivity contribution in [2.45, 2.75) is 58.5 Å². The van der Waals surface area contributed by atoms with Gasteiger partial charge in [0.05, 0.1) is 22.9 Å². The molecule has 5 rings (SSSR count). The monoisotopic (exact) mass is 469 g/mol. The van der Waals surface area contributed by atoms with Crippen LogP contribution in [-0.2, 0) is 4.79 Å². The number of rotatable bonds is 4. The van der Waals surface area contributed by atoms with Gasteiger partial charge in [-0.25, -0.2) is 14.7 Å². The summed E-state index contributed by atoms with van der Waals surface area (Å²) in [4.78, 5) is 37.3. The van der Waals surface area contributed by atoms with E-state index in [0.717, 1.165) is 56.0 Å². The summed E-state index contributed by atoms with van der Waals surface area (Å²) in [6.07, 6.45) is 2.55. The predicted octanol–water partition coefficient (Wildman–Crippen LogP) is 4.07. The second-order valence-corrected chi connectivity index (χ2v) is 12.2. The van der Waals surface area contributed by atoms with E-state index in [0.29, 0.717) is 12.6 Å². The molecule has 1 N–H and O–H groups in total. The number of nitrogens with zero attached hydrogens (tertiary/aromatic N) is 4. The number of hydrogen-bond acceptors (Lipinski definition) is 6. The number of hydrogen-bond donors (Lipinski definition) is 1. The number of carbonyl (C=O) groups excluding carboxylic acids is 2. The molecule has 1 spiro atoms. The van der Waals surface area contributed by atoms with Gasteiger partial charge in [0.25, 0.3) is 5.91 Å². The highest BCUT2D eigenvalue weighted by Gasteiger charge is 2.56. The minimum atomic E-state index is -0.721. The molecule has 2 saturated heterocycles. The Hall–Kier alpha value is -2.03. The van der Waals surface area contributed by atoms with E-state index < -0.39 is 5.54 Å². The lowest BCUT2D eigenvalue weighted by Crippen LogP contribution is -2.55. The molecule has 1 aromatic carbocycles. The van der Waals surface area contributed by atoms with Crippen molar-refractivity contribution in [3.05, 3.63) is 29.3 Å². The van der Waals surface area contributed by atoms with Crippen LogP contribution < -0.4 is 5.32 Å². The molecule has 3 fully saturated rings. The second kappa shape index (κ2) is 8.32. The van der Waals surface area contributed by atoms with E-state index in [9.17, 15) is 9.59 Å². The van der Waals surface area contributed by atoms with Gasteiger partial charge in [0.2, 0.25) is 0 Å². The zero-order valence-electron chi connectivity index (χ0n) is 20.1. The van der Waals surface area contributed by atoms with Gasteiger partial charge in [-0.3, -0.25) is 14.6 Å². The maximum Gasteiger partial charge on any atom is 0.326 e. The SMILES string of the molecule is C[C@@H]1CC(C)(C)C[C@@]2(C1)NC(=O)N(CN1CCN([C@@H](C)c3nc4ccccc4s3)CC1)C2=O. The van der Waals surface area contributed by atoms with Gasteiger partial charge in [0.15, 0.2) is 0 Å². The van der Waals surface area contributed by atoms with E-state index in [2.05, 4.69) is 61.0 Å². The van der Waals surface area contributed by atoms with E-state index in [1.807, 2.05) is 6.07 Å². The molecule has 1 saturated carbocycles. The normalized spacial score (nSPS) is 29.7. The van der Waals surface area contributed by atoms with E-state index in [-0.39, 0.29) is 23.4 Å². The number of benzene rings is 1. The first kappa shape index (κ1) is 22.7. The fourth-order valence-electron chi connectivity index (χ4n) is 6.35. The van der Waals surface area contributed by atoms with Gasteiger partial charge in [-0.15, -0.1) is 11.3 Å². The van der Waals surface area contributed by atoms with Crippen molar-refractivity contribution in [1.82, 2.24) is 25.0 Å². The third-order valence-electron chi connectivity index (χ3n) is 7.59. The van der Waals surface area contributed by atoms with Crippen molar-refractivity contribution < 1.29 is 9.59 Å². The number of amides is 3. The largest absolute Gasteiger partial charge is 0.326 e. The van der Waals surface area contributed by atoms with Crippen molar-refractivity contribution in [1.29, 1.82) is 0 Å². The van der Waals surface area contributed by atoms with Gasteiger partial charge in [-0.1, -0.05) is 32.9 Å². The molecule has 3 atom stereocenters. The molecule has 8 heteroatoms. The average molecular weight is 470 g/mol. The molecule has 1 aromatic heterocycles. The van der Waals surface area contributed by atoms with Crippen molar-refractivity contribution >= 4 is 33.5 Å². The molecule has 7 nitrogen and oxygen atoms in total. The summed E-state index contributed by atoms with van der Waals surface area (Å²) in [7, 11) is 0. The Morgan fingerprint density at radius 3 is 2.58 bits per heavy atom. The molecule has 3 aliphatic rings. The molecule has 33 heavy (non-hydrogen) atoms. The third-order valence-corrected chi connectivity index (χ3v) is 8.79. The molecule has 0 unspecified atom stereocenters. The van der Waals surface area contributed by atoms with E-state index >= 15 is 0 Å². The highest BCUT2D eigenvalue weighted by Crippen LogP contribution is 2.46. The van der Waals surface area contributed by atoms with Crippen LogP contribution in [0.4, 0.5) is 4.79 Å². The van der Waals surface area contributed by atoms with Crippen LogP contribution in [0, 0.1) is 11.3 Å². The minimum absolute atomic E-state index is 0.0302. The van der Waals surface area contributed by atoms with E-state index in [4.69, 9.17) is 4.98 Å². The van der Waals surface area contributed by atoms with Gasteiger partial charge in [-0.05, 0) is 49.7 Å². The summed E-state index contributed by atoms with van der Waals surface area (Å²) in [5, 5.41) is 4.25. The lowest BCUT2D eigenvalue weighted by atomic mass is 9.64. The molecular formula is C25H35N5O2S. The van der Waals surface area contributed by atoms with Crippen molar-refractivity contribution in [3.63, 3.8) is 0 Å². The van der Waals surface area contributed by atoms with Crippen molar-refractivity contribution in [2.75, 3.05) is 32.8 Å². The molecular weight excluding hydrogens is 434 g/mol. The number of fused-ring (bicyclic) bond motifs is 1. The second-order valence-electron chi connectivity index (χ2n) is 11.1. The Labute approximate surface area is 200 Å². The van der Waals surface area contributed by atoms with Crippen LogP contribution in [0.2, 0.25) is 0 Å². The summed E-state index contributed by atoms with van der Waals surface area (Å²) in [5.74, 6) is 0.392. The Bertz CT molecular complexity index is 1030. The molecule has 2 aromatic rings. The number of carbonyl (C=O) groups is 2. The van der Waals surface area contributed by atoms with Gasteiger partial charge in [-0.2, -0.15) is 0 Å². The lowest BCUT2D eigenvalue weighted by Gasteiger charge is -2.44. The van der Waals surface area contributed by atoms with Gasteiger partial charge in [0.1, 0.15) is 10.5 Å². The van der Waals surface area contributed by atoms with Gasteiger partial charge in [0, 0.05) is 26.2 Å². The van der Waals surface area contributed by atoms with Crippen LogP contribution in [0.25, 0.3) is 10.2 Å². The fraction of sp³-hybridized carbons (Fsp3) is 0.640. The maximum atomic E-state index is 13.4. The predicted molar refractivity (Wildman–Crippen MR) is 131 cm³/mol. The number of imide groups is 1. The topological polar surface area (TPSA) is 68.8 Å². The van der Waals surface area contributed by atoms with Crippen molar-refractivity contribution in [2.24, 2.45) is 11.3 Å². The number of piperazine rings is 1. The summed E-state index contributed by atoms with van der Waals surface area (Å²) in [6.45, 7) is 12.7. The first-order valence-electron chi connectivity index (χ1n) is 12.1. The zero-order valence-corrected chi connectivity index (χ0v) is 21.0. The molecule has 178 valence electrons. The number of aromatic nitrogens is 1. The number of urea groups is 1. The Morgan fingerprint density at radius 2 is 1.88 bits per heavy atom. The Balaban J connectivity index is 1.20. The first-order valence-corrected chi connectivity index (χ1v) is 12.9. The van der Waals surface area contributed by atoms with E-state index in [1.165, 1.54) is 9.60 Å². The number of para-hydroxylation sites is 1. The van der Waals surface area contributed by atoms with Crippen LogP contribution >= 0.6 is 11.3 Å². The van der Waals surface area contributed by atoms with Crippen LogP contribution in [0.15, 0.2) is 24.3 Å². The lowest BCUT2D eigenvalue weighted by molar-refractivity contribution is -0.136. The summed E-state index contributed by atoms with van der Waals surface area (Å²) in [5.41, 5.74) is 0.399. The maximum absolute atomic E-state index is 13.4. The van der Waals surface area contributed by atoms with Crippen molar-refractivity contribution in [3.8, 4) is 0 Å². The summed E-state index contributed by atoms with van der Waals surface area (Å²) < 4.78 is 1.23. The fourth-order valence-corrected chi connectivity index (χ4v) is 7.41. The quantitative estimate of drug-likeness (QED) is 0.684. The zero-order chi connectivity index (χ0) is 23.4. The van der Waals surface area contributed by atoms with E-state index in [1.54, 1.807) is 11.3 Å². The first-order chi connectivity index (χ1) is 15.7. The standard InChI is InChI=1S/C25H35N5O2S/c1-17-13-24(3,4)15-25(14-17)22(31)30(23(32)27-25)16-28-9-11-29(12-10-28)18(2)21-26-19-7-5-6-8-20(19)33-21/h5-8,17-18H,9-16H2,1-4H3,(H,27,32)/t17-,18+,25-/m1/s1. The van der Waals surface area contributed by atoms with Gasteiger partial charge < -0.3 is 5.32 Å². The molecule has 0 radical (unpaired) electrons. The van der Waals surface area contributed by atoms with Gasteiger partial charge >= 0.3 is 6.03 Å². The highest BCUT2D eigenvalue weighted by molar-refractivity contribution is 7.18. The Morgan fingerprint density at radius 1 is 1.15 bits per heavy atom. The summed E-state index contributed by atoms with van der Waals surface area (Å²) in [6, 6.07) is 8.32. The Kier molecular flexibility index (Phi) is 5.74. The minimum Gasteiger partial charge on any atom is -0.323 e.